The molecule has 2 heterocycles. The number of fused-ring (bicyclic) bond motifs is 1. The first kappa shape index (κ1) is 12.8. The first-order valence-corrected chi connectivity index (χ1v) is 6.51. The van der Waals surface area contributed by atoms with E-state index >= 15 is 0 Å². The predicted octanol–water partition coefficient (Wildman–Crippen LogP) is 1.83. The molecule has 1 atom stereocenters. The molecule has 1 aromatic carbocycles. The summed E-state index contributed by atoms with van der Waals surface area (Å²) >= 11 is 0. The van der Waals surface area contributed by atoms with Gasteiger partial charge in [0.1, 0.15) is 6.04 Å². The van der Waals surface area contributed by atoms with Gasteiger partial charge in [-0.05, 0) is 30.7 Å². The Morgan fingerprint density at radius 3 is 2.75 bits per heavy atom. The van der Waals surface area contributed by atoms with Gasteiger partial charge in [0, 0.05) is 18.6 Å². The van der Waals surface area contributed by atoms with Crippen molar-refractivity contribution >= 4 is 10.9 Å². The largest absolute Gasteiger partial charge is 0.271 e. The summed E-state index contributed by atoms with van der Waals surface area (Å²) in [7, 11) is 1.90. The van der Waals surface area contributed by atoms with E-state index in [0.29, 0.717) is 0 Å². The van der Waals surface area contributed by atoms with Crippen molar-refractivity contribution in [1.29, 1.82) is 0 Å². The zero-order valence-corrected chi connectivity index (χ0v) is 11.5. The van der Waals surface area contributed by atoms with Crippen molar-refractivity contribution in [1.82, 2.24) is 20.2 Å². The molecular weight excluding hydrogens is 250 g/mol. The highest BCUT2D eigenvalue weighted by Gasteiger charge is 2.18. The number of aryl methyl sites for hydroxylation is 2. The number of nitrogens with two attached hydrogens (primary N) is 1. The Balaban J connectivity index is 2.15. The summed E-state index contributed by atoms with van der Waals surface area (Å²) in [5.74, 6) is 5.73. The topological polar surface area (TPSA) is 68.8 Å². The van der Waals surface area contributed by atoms with Crippen LogP contribution in [0.2, 0.25) is 0 Å². The Morgan fingerprint density at radius 1 is 1.25 bits per heavy atom. The summed E-state index contributed by atoms with van der Waals surface area (Å²) < 4.78 is 1.80. The minimum atomic E-state index is -0.175. The number of hydrogen-bond donors (Lipinski definition) is 2. The Morgan fingerprint density at radius 2 is 2.05 bits per heavy atom. The molecule has 3 aromatic rings. The minimum Gasteiger partial charge on any atom is -0.271 e. The quantitative estimate of drug-likeness (QED) is 0.561. The van der Waals surface area contributed by atoms with Crippen LogP contribution in [-0.2, 0) is 7.05 Å². The van der Waals surface area contributed by atoms with Gasteiger partial charge in [0.25, 0.3) is 0 Å². The van der Waals surface area contributed by atoms with Crippen molar-refractivity contribution in [3.05, 3.63) is 59.5 Å². The molecule has 0 aliphatic rings. The fourth-order valence-electron chi connectivity index (χ4n) is 2.51. The lowest BCUT2D eigenvalue weighted by Gasteiger charge is -2.17. The highest BCUT2D eigenvalue weighted by Crippen LogP contribution is 2.24. The van der Waals surface area contributed by atoms with Crippen LogP contribution in [0.25, 0.3) is 10.9 Å². The molecule has 0 saturated heterocycles. The van der Waals surface area contributed by atoms with Gasteiger partial charge in [0.15, 0.2) is 0 Å². The third kappa shape index (κ3) is 2.07. The van der Waals surface area contributed by atoms with Gasteiger partial charge in [-0.25, -0.2) is 5.43 Å². The molecule has 0 amide bonds. The minimum absolute atomic E-state index is 0.175. The summed E-state index contributed by atoms with van der Waals surface area (Å²) in [4.78, 5) is 4.72. The number of rotatable bonds is 3. The Kier molecular flexibility index (Phi) is 3.22. The van der Waals surface area contributed by atoms with Crippen LogP contribution in [0.3, 0.4) is 0 Å². The average Bonchev–Trinajstić information content (AvgIpc) is 2.86. The molecule has 0 radical (unpaired) electrons. The second-order valence-corrected chi connectivity index (χ2v) is 4.86. The van der Waals surface area contributed by atoms with Crippen LogP contribution in [0.4, 0.5) is 0 Å². The third-order valence-electron chi connectivity index (χ3n) is 3.56. The first-order valence-electron chi connectivity index (χ1n) is 6.51. The van der Waals surface area contributed by atoms with Crippen LogP contribution in [0.1, 0.15) is 23.0 Å². The zero-order valence-electron chi connectivity index (χ0n) is 11.5. The van der Waals surface area contributed by atoms with E-state index < -0.39 is 0 Å². The van der Waals surface area contributed by atoms with Gasteiger partial charge >= 0.3 is 0 Å². The van der Waals surface area contributed by atoms with Crippen molar-refractivity contribution in [3.63, 3.8) is 0 Å². The number of para-hydroxylation sites is 1. The van der Waals surface area contributed by atoms with Gasteiger partial charge in [-0.2, -0.15) is 5.10 Å². The molecule has 5 heteroatoms. The lowest BCUT2D eigenvalue weighted by Crippen LogP contribution is -2.31. The number of hydrazine groups is 1. The molecule has 3 N–H and O–H groups in total. The Labute approximate surface area is 117 Å². The maximum Gasteiger partial charge on any atom is 0.105 e. The molecule has 0 aliphatic heterocycles. The second-order valence-electron chi connectivity index (χ2n) is 4.86. The normalized spacial score (nSPS) is 12.8. The predicted molar refractivity (Wildman–Crippen MR) is 78.9 cm³/mol. The molecule has 0 bridgehead atoms. The number of aromatic nitrogens is 3. The zero-order chi connectivity index (χ0) is 14.1. The molecule has 0 aliphatic carbocycles. The van der Waals surface area contributed by atoms with Gasteiger partial charge < -0.3 is 0 Å². The van der Waals surface area contributed by atoms with Crippen LogP contribution < -0.4 is 11.3 Å². The van der Waals surface area contributed by atoms with E-state index in [1.54, 1.807) is 10.9 Å². The van der Waals surface area contributed by atoms with E-state index in [1.807, 2.05) is 31.3 Å². The molecule has 1 unspecified atom stereocenters. The van der Waals surface area contributed by atoms with Gasteiger partial charge in [-0.1, -0.05) is 18.2 Å². The Hall–Kier alpha value is -2.24. The SMILES string of the molecule is Cc1cc(C(NN)c2ccnn2C)nc2ccccc12. The number of pyridine rings is 1. The van der Waals surface area contributed by atoms with Crippen LogP contribution in [0, 0.1) is 6.92 Å². The van der Waals surface area contributed by atoms with E-state index in [2.05, 4.69) is 29.6 Å². The standard InChI is InChI=1S/C15H17N5/c1-10-9-13(18-12-6-4-3-5-11(10)12)15(19-16)14-7-8-17-20(14)2/h3-9,15,19H,16H2,1-2H3. The molecule has 0 saturated carbocycles. The fraction of sp³-hybridized carbons (Fsp3) is 0.200. The molecule has 3 rings (SSSR count). The maximum absolute atomic E-state index is 5.73. The van der Waals surface area contributed by atoms with Crippen molar-refractivity contribution in [2.24, 2.45) is 12.9 Å². The Bertz CT molecular complexity index is 747. The summed E-state index contributed by atoms with van der Waals surface area (Å²) in [5.41, 5.74) is 6.87. The van der Waals surface area contributed by atoms with Crippen molar-refractivity contribution in [2.75, 3.05) is 0 Å². The van der Waals surface area contributed by atoms with Crippen molar-refractivity contribution < 1.29 is 0 Å². The maximum atomic E-state index is 5.73. The van der Waals surface area contributed by atoms with Crippen LogP contribution >= 0.6 is 0 Å². The van der Waals surface area contributed by atoms with E-state index in [-0.39, 0.29) is 6.04 Å². The highest BCUT2D eigenvalue weighted by molar-refractivity contribution is 5.82. The lowest BCUT2D eigenvalue weighted by molar-refractivity contribution is 0.565. The monoisotopic (exact) mass is 267 g/mol. The molecule has 102 valence electrons. The highest BCUT2D eigenvalue weighted by atomic mass is 15.3. The van der Waals surface area contributed by atoms with Crippen LogP contribution in [-0.4, -0.2) is 14.8 Å². The molecule has 5 nitrogen and oxygen atoms in total. The molecule has 0 fully saturated rings. The molecule has 0 spiro atoms. The molecular formula is C15H17N5. The number of benzene rings is 1. The number of nitrogens with one attached hydrogen (secondary N) is 1. The molecule has 20 heavy (non-hydrogen) atoms. The third-order valence-corrected chi connectivity index (χ3v) is 3.56. The average molecular weight is 267 g/mol. The smallest absolute Gasteiger partial charge is 0.105 e. The summed E-state index contributed by atoms with van der Waals surface area (Å²) in [5, 5.41) is 5.35. The van der Waals surface area contributed by atoms with E-state index in [1.165, 1.54) is 5.56 Å². The van der Waals surface area contributed by atoms with Gasteiger partial charge in [-0.15, -0.1) is 0 Å². The summed E-state index contributed by atoms with van der Waals surface area (Å²) in [6.07, 6.45) is 1.76. The lowest BCUT2D eigenvalue weighted by atomic mass is 10.0. The molecule has 2 aromatic heterocycles. The van der Waals surface area contributed by atoms with E-state index in [0.717, 1.165) is 22.3 Å². The number of nitrogens with zero attached hydrogens (tertiary/aromatic N) is 3. The fourth-order valence-corrected chi connectivity index (χ4v) is 2.51. The van der Waals surface area contributed by atoms with Crippen LogP contribution in [0.5, 0.6) is 0 Å². The van der Waals surface area contributed by atoms with Crippen molar-refractivity contribution in [3.8, 4) is 0 Å². The van der Waals surface area contributed by atoms with E-state index in [4.69, 9.17) is 10.8 Å². The van der Waals surface area contributed by atoms with Gasteiger partial charge in [0.05, 0.1) is 16.9 Å². The first-order chi connectivity index (χ1) is 9.70. The van der Waals surface area contributed by atoms with E-state index in [9.17, 15) is 0 Å². The van der Waals surface area contributed by atoms with Crippen molar-refractivity contribution in [2.45, 2.75) is 13.0 Å². The van der Waals surface area contributed by atoms with Gasteiger partial charge in [-0.3, -0.25) is 15.5 Å². The summed E-state index contributed by atoms with van der Waals surface area (Å²) in [6.45, 7) is 2.09. The second kappa shape index (κ2) is 5.03. The van der Waals surface area contributed by atoms with Crippen LogP contribution in [0.15, 0.2) is 42.6 Å². The van der Waals surface area contributed by atoms with Gasteiger partial charge in [0.2, 0.25) is 0 Å². The summed E-state index contributed by atoms with van der Waals surface area (Å²) in [6, 6.07) is 11.9. The number of hydrogen-bond acceptors (Lipinski definition) is 4.